The second-order valence-corrected chi connectivity index (χ2v) is 5.99. The molecular weight excluding hydrogens is 268 g/mol. The molecule has 1 aliphatic heterocycles. The number of nitrogens with zero attached hydrogens (tertiary/aromatic N) is 1. The number of aliphatic hydroxyl groups is 1. The van der Waals surface area contributed by atoms with Gasteiger partial charge in [0.05, 0.1) is 17.8 Å². The van der Waals surface area contributed by atoms with E-state index in [1.165, 1.54) is 6.92 Å². The van der Waals surface area contributed by atoms with Crippen molar-refractivity contribution in [3.05, 3.63) is 22.5 Å². The maximum atomic E-state index is 12.7. The number of nitrogens with one attached hydrogen (secondary N) is 1. The van der Waals surface area contributed by atoms with Gasteiger partial charge >= 0.3 is 0 Å². The number of aryl methyl sites for hydroxylation is 1. The van der Waals surface area contributed by atoms with Gasteiger partial charge < -0.3 is 10.1 Å². The topological polar surface area (TPSA) is 73.4 Å². The number of hydrogen-bond donors (Lipinski definition) is 2. The molecule has 0 amide bonds. The van der Waals surface area contributed by atoms with Gasteiger partial charge in [0.2, 0.25) is 0 Å². The Balaban J connectivity index is 2.20. The highest BCUT2D eigenvalue weighted by atomic mass is 16.3. The summed E-state index contributed by atoms with van der Waals surface area (Å²) < 4.78 is 0. The Morgan fingerprint density at radius 1 is 1.29 bits per heavy atom. The number of piperidine rings is 1. The number of aromatic nitrogens is 1. The van der Waals surface area contributed by atoms with E-state index in [9.17, 15) is 14.7 Å². The number of rotatable bonds is 4. The van der Waals surface area contributed by atoms with Crippen LogP contribution in [0.25, 0.3) is 0 Å². The Labute approximate surface area is 125 Å². The Kier molecular flexibility index (Phi) is 4.64. The summed E-state index contributed by atoms with van der Waals surface area (Å²) in [4.78, 5) is 29.5. The second kappa shape index (κ2) is 6.12. The molecule has 116 valence electrons. The van der Waals surface area contributed by atoms with Gasteiger partial charge in [-0.2, -0.15) is 0 Å². The lowest BCUT2D eigenvalue weighted by molar-refractivity contribution is 0.0546. The molecule has 1 aromatic heterocycles. The van der Waals surface area contributed by atoms with Crippen molar-refractivity contribution in [1.82, 2.24) is 9.88 Å². The van der Waals surface area contributed by atoms with E-state index in [2.05, 4.69) is 9.88 Å². The molecule has 2 rings (SSSR count). The van der Waals surface area contributed by atoms with Gasteiger partial charge in [-0.3, -0.25) is 14.5 Å². The minimum Gasteiger partial charge on any atom is -0.393 e. The molecule has 21 heavy (non-hydrogen) atoms. The number of Topliss-reactive ketones (excluding diaryl/α,β-unsaturated/α-hetero) is 2. The molecule has 0 aliphatic carbocycles. The number of aromatic amines is 1. The third-order valence-corrected chi connectivity index (χ3v) is 4.46. The van der Waals surface area contributed by atoms with Crippen molar-refractivity contribution in [1.29, 1.82) is 0 Å². The molecule has 5 heteroatoms. The molecule has 1 unspecified atom stereocenters. The fraction of sp³-hybridized carbons (Fsp3) is 0.625. The van der Waals surface area contributed by atoms with Crippen LogP contribution in [-0.4, -0.2) is 51.8 Å². The van der Waals surface area contributed by atoms with Crippen molar-refractivity contribution in [2.75, 3.05) is 13.1 Å². The second-order valence-electron chi connectivity index (χ2n) is 5.99. The van der Waals surface area contributed by atoms with Crippen LogP contribution in [0.15, 0.2) is 0 Å². The van der Waals surface area contributed by atoms with Crippen LogP contribution in [-0.2, 0) is 0 Å². The molecule has 1 aliphatic rings. The molecule has 1 saturated heterocycles. The smallest absolute Gasteiger partial charge is 0.196 e. The van der Waals surface area contributed by atoms with Crippen molar-refractivity contribution in [3.63, 3.8) is 0 Å². The summed E-state index contributed by atoms with van der Waals surface area (Å²) in [6.07, 6.45) is 1.17. The monoisotopic (exact) mass is 292 g/mol. The van der Waals surface area contributed by atoms with Crippen LogP contribution in [0.1, 0.15) is 58.8 Å². The zero-order chi connectivity index (χ0) is 15.7. The Morgan fingerprint density at radius 3 is 2.33 bits per heavy atom. The van der Waals surface area contributed by atoms with Gasteiger partial charge in [0.1, 0.15) is 0 Å². The quantitative estimate of drug-likeness (QED) is 0.831. The number of likely N-dealkylation sites (tertiary alicyclic amines) is 1. The summed E-state index contributed by atoms with van der Waals surface area (Å²) in [5.74, 6) is -0.00598. The van der Waals surface area contributed by atoms with Gasteiger partial charge in [-0.25, -0.2) is 0 Å². The third-order valence-electron chi connectivity index (χ3n) is 4.46. The summed E-state index contributed by atoms with van der Waals surface area (Å²) in [5, 5.41) is 9.55. The molecule has 0 radical (unpaired) electrons. The lowest BCUT2D eigenvalue weighted by atomic mass is 10.00. The van der Waals surface area contributed by atoms with Crippen LogP contribution in [0.2, 0.25) is 0 Å². The summed E-state index contributed by atoms with van der Waals surface area (Å²) in [5.41, 5.74) is 2.66. The summed E-state index contributed by atoms with van der Waals surface area (Å²) >= 11 is 0. The van der Waals surface area contributed by atoms with E-state index >= 15 is 0 Å². The Hall–Kier alpha value is -1.46. The summed E-state index contributed by atoms with van der Waals surface area (Å²) in [6.45, 7) is 8.51. The molecule has 0 aromatic carbocycles. The summed E-state index contributed by atoms with van der Waals surface area (Å²) in [7, 11) is 0. The largest absolute Gasteiger partial charge is 0.393 e. The molecule has 1 atom stereocenters. The van der Waals surface area contributed by atoms with E-state index in [0.29, 0.717) is 24.1 Å². The van der Waals surface area contributed by atoms with Crippen molar-refractivity contribution < 1.29 is 14.7 Å². The minimum atomic E-state index is -0.248. The molecule has 0 spiro atoms. The molecule has 2 heterocycles. The number of carbonyl (C=O) groups is 2. The fourth-order valence-corrected chi connectivity index (χ4v) is 3.17. The molecule has 0 saturated carbocycles. The first-order valence-electron chi connectivity index (χ1n) is 7.49. The lowest BCUT2D eigenvalue weighted by Gasteiger charge is -2.33. The maximum Gasteiger partial charge on any atom is 0.196 e. The Bertz CT molecular complexity index is 554. The van der Waals surface area contributed by atoms with Gasteiger partial charge in [0.15, 0.2) is 11.6 Å². The first-order valence-corrected chi connectivity index (χ1v) is 7.49. The van der Waals surface area contributed by atoms with E-state index in [0.717, 1.165) is 24.3 Å². The number of aliphatic hydroxyl groups excluding tert-OH is 1. The van der Waals surface area contributed by atoms with Crippen molar-refractivity contribution in [2.24, 2.45) is 0 Å². The van der Waals surface area contributed by atoms with Crippen LogP contribution in [0.5, 0.6) is 0 Å². The third kappa shape index (κ3) is 3.09. The minimum absolute atomic E-state index is 0.0134. The number of carbonyl (C=O) groups excluding carboxylic acids is 2. The lowest BCUT2D eigenvalue weighted by Crippen LogP contribution is -2.45. The molecule has 1 aromatic rings. The van der Waals surface area contributed by atoms with Crippen LogP contribution in [0.4, 0.5) is 0 Å². The highest BCUT2D eigenvalue weighted by Gasteiger charge is 2.29. The molecule has 0 bridgehead atoms. The van der Waals surface area contributed by atoms with Gasteiger partial charge in [-0.15, -0.1) is 0 Å². The number of H-pyrrole nitrogens is 1. The highest BCUT2D eigenvalue weighted by molar-refractivity contribution is 6.05. The van der Waals surface area contributed by atoms with Gasteiger partial charge in [0, 0.05) is 24.3 Å². The van der Waals surface area contributed by atoms with E-state index < -0.39 is 0 Å². The van der Waals surface area contributed by atoms with Crippen molar-refractivity contribution in [2.45, 2.75) is 52.7 Å². The van der Waals surface area contributed by atoms with E-state index in [-0.39, 0.29) is 23.7 Å². The fourth-order valence-electron chi connectivity index (χ4n) is 3.17. The predicted molar refractivity (Wildman–Crippen MR) is 80.9 cm³/mol. The average Bonchev–Trinajstić information content (AvgIpc) is 2.73. The molecule has 2 N–H and O–H groups in total. The van der Waals surface area contributed by atoms with Gasteiger partial charge in [0.25, 0.3) is 0 Å². The molecular formula is C16H24N2O3. The zero-order valence-corrected chi connectivity index (χ0v) is 13.2. The van der Waals surface area contributed by atoms with Crippen LogP contribution < -0.4 is 0 Å². The standard InChI is InChI=1S/C16H24N2O3/c1-9-14(12(4)19)10(2)17-15(9)16(21)11(3)18-7-5-13(20)6-8-18/h11,13,17,20H,5-8H2,1-4H3. The first-order chi connectivity index (χ1) is 9.82. The number of ketones is 2. The zero-order valence-electron chi connectivity index (χ0n) is 13.2. The summed E-state index contributed by atoms with van der Waals surface area (Å²) in [6, 6.07) is -0.242. The molecule has 1 fully saturated rings. The van der Waals surface area contributed by atoms with Gasteiger partial charge in [-0.05, 0) is 46.1 Å². The van der Waals surface area contributed by atoms with Crippen LogP contribution in [0, 0.1) is 13.8 Å². The SMILES string of the molecule is CC(=O)c1c(C)[nH]c(C(=O)C(C)N2CCC(O)CC2)c1C. The number of hydrogen-bond acceptors (Lipinski definition) is 4. The van der Waals surface area contributed by atoms with Gasteiger partial charge in [-0.1, -0.05) is 0 Å². The van der Waals surface area contributed by atoms with Crippen LogP contribution >= 0.6 is 0 Å². The average molecular weight is 292 g/mol. The molecule has 5 nitrogen and oxygen atoms in total. The maximum absolute atomic E-state index is 12.7. The van der Waals surface area contributed by atoms with E-state index in [1.807, 2.05) is 20.8 Å². The van der Waals surface area contributed by atoms with Crippen LogP contribution in [0.3, 0.4) is 0 Å². The van der Waals surface area contributed by atoms with Crippen molar-refractivity contribution >= 4 is 11.6 Å². The van der Waals surface area contributed by atoms with E-state index in [4.69, 9.17) is 0 Å². The predicted octanol–water partition coefficient (Wildman–Crippen LogP) is 1.86. The first kappa shape index (κ1) is 15.9. The highest BCUT2D eigenvalue weighted by Crippen LogP contribution is 2.22. The normalized spacial score (nSPS) is 18.7. The van der Waals surface area contributed by atoms with E-state index in [1.54, 1.807) is 0 Å². The Morgan fingerprint density at radius 2 is 1.86 bits per heavy atom. The van der Waals surface area contributed by atoms with Crippen molar-refractivity contribution in [3.8, 4) is 0 Å².